The quantitative estimate of drug-likeness (QED) is 0.592. The first kappa shape index (κ1) is 16.1. The minimum Gasteiger partial charge on any atom is -0.411 e. The zero-order chi connectivity index (χ0) is 16.9. The fourth-order valence-electron chi connectivity index (χ4n) is 3.16. The van der Waals surface area contributed by atoms with E-state index in [0.29, 0.717) is 17.8 Å². The van der Waals surface area contributed by atoms with Crippen LogP contribution in [0.15, 0.2) is 53.7 Å². The van der Waals surface area contributed by atoms with E-state index in [1.54, 1.807) is 6.07 Å². The molecule has 0 heterocycles. The van der Waals surface area contributed by atoms with Gasteiger partial charge in [0.05, 0.1) is 0 Å². The lowest BCUT2D eigenvalue weighted by Crippen LogP contribution is -2.22. The number of carbonyl (C=O) groups excluding carboxylic acids is 2. The summed E-state index contributed by atoms with van der Waals surface area (Å²) in [5.41, 5.74) is 4.14. The van der Waals surface area contributed by atoms with Crippen LogP contribution < -0.4 is 0 Å². The summed E-state index contributed by atoms with van der Waals surface area (Å²) in [5, 5.41) is 11.5. The van der Waals surface area contributed by atoms with Crippen LogP contribution >= 0.6 is 0 Å². The van der Waals surface area contributed by atoms with Crippen LogP contribution in [0.2, 0.25) is 0 Å². The Morgan fingerprint density at radius 3 is 2.04 bits per heavy atom. The molecule has 2 aromatic carbocycles. The van der Waals surface area contributed by atoms with Crippen LogP contribution in [0.25, 0.3) is 0 Å². The van der Waals surface area contributed by atoms with Gasteiger partial charge in [-0.05, 0) is 30.4 Å². The number of hydrogen-bond acceptors (Lipinski definition) is 4. The van der Waals surface area contributed by atoms with Gasteiger partial charge in [-0.3, -0.25) is 9.59 Å². The van der Waals surface area contributed by atoms with E-state index < -0.39 is 0 Å². The standard InChI is InChI=1S/C10H9NO2.C10H10O/c12-10-8-4-2-1-3-7(8)5-6-9(10)11-13;11-10-7-3-5-8-4-1-2-6-9(8)10/h1-4,13H,5-6H2;1-2,4,6H,3,5,7H2. The molecular weight excluding hydrogens is 302 g/mol. The number of rotatable bonds is 0. The highest BCUT2D eigenvalue weighted by atomic mass is 16.4. The Hall–Kier alpha value is -2.75. The van der Waals surface area contributed by atoms with Gasteiger partial charge in [-0.2, -0.15) is 0 Å². The predicted molar refractivity (Wildman–Crippen MR) is 92.0 cm³/mol. The second kappa shape index (κ2) is 7.21. The molecule has 0 unspecified atom stereocenters. The minimum absolute atomic E-state index is 0.149. The number of oxime groups is 1. The van der Waals surface area contributed by atoms with Crippen LogP contribution in [-0.4, -0.2) is 22.5 Å². The van der Waals surface area contributed by atoms with Crippen LogP contribution in [0.5, 0.6) is 0 Å². The lowest BCUT2D eigenvalue weighted by Gasteiger charge is -2.14. The zero-order valence-corrected chi connectivity index (χ0v) is 13.4. The number of aryl methyl sites for hydroxylation is 2. The molecule has 0 fully saturated rings. The van der Waals surface area contributed by atoms with Gasteiger partial charge >= 0.3 is 0 Å². The maximum absolute atomic E-state index is 11.6. The predicted octanol–water partition coefficient (Wildman–Crippen LogP) is 3.85. The molecule has 0 bridgehead atoms. The molecule has 0 saturated heterocycles. The summed E-state index contributed by atoms with van der Waals surface area (Å²) < 4.78 is 0. The molecule has 4 nitrogen and oxygen atoms in total. The monoisotopic (exact) mass is 321 g/mol. The van der Waals surface area contributed by atoms with Gasteiger partial charge in [0.15, 0.2) is 5.78 Å². The Morgan fingerprint density at radius 2 is 1.38 bits per heavy atom. The number of ketones is 2. The van der Waals surface area contributed by atoms with Gasteiger partial charge in [-0.1, -0.05) is 53.7 Å². The average molecular weight is 321 g/mol. The fourth-order valence-corrected chi connectivity index (χ4v) is 3.16. The molecule has 2 aliphatic rings. The number of nitrogens with zero attached hydrogens (tertiary/aromatic N) is 1. The minimum atomic E-state index is -0.149. The van der Waals surface area contributed by atoms with Gasteiger partial charge in [-0.25, -0.2) is 0 Å². The van der Waals surface area contributed by atoms with Gasteiger partial charge in [-0.15, -0.1) is 0 Å². The number of carbonyl (C=O) groups is 2. The number of benzene rings is 2. The summed E-state index contributed by atoms with van der Waals surface area (Å²) in [7, 11) is 0. The van der Waals surface area contributed by atoms with Gasteiger partial charge in [0.2, 0.25) is 5.78 Å². The molecule has 0 radical (unpaired) electrons. The van der Waals surface area contributed by atoms with Crippen LogP contribution in [0, 0.1) is 0 Å². The fraction of sp³-hybridized carbons (Fsp3) is 0.250. The summed E-state index contributed by atoms with van der Waals surface area (Å²) in [6, 6.07) is 15.3. The Kier molecular flexibility index (Phi) is 4.85. The van der Waals surface area contributed by atoms with Crippen molar-refractivity contribution in [1.82, 2.24) is 0 Å². The van der Waals surface area contributed by atoms with Crippen LogP contribution in [-0.2, 0) is 12.8 Å². The van der Waals surface area contributed by atoms with E-state index in [1.165, 1.54) is 5.56 Å². The third-order valence-corrected chi connectivity index (χ3v) is 4.44. The molecule has 0 spiro atoms. The average Bonchev–Trinajstić information content (AvgIpc) is 2.63. The molecular formula is C20H19NO3. The first-order chi connectivity index (χ1) is 11.7. The van der Waals surface area contributed by atoms with Crippen molar-refractivity contribution in [2.75, 3.05) is 0 Å². The van der Waals surface area contributed by atoms with Crippen molar-refractivity contribution in [2.45, 2.75) is 32.1 Å². The van der Waals surface area contributed by atoms with E-state index >= 15 is 0 Å². The summed E-state index contributed by atoms with van der Waals surface area (Å²) in [5.74, 6) is 0.163. The normalized spacial score (nSPS) is 17.6. The van der Waals surface area contributed by atoms with Crippen molar-refractivity contribution in [3.8, 4) is 0 Å². The van der Waals surface area contributed by atoms with Gasteiger partial charge < -0.3 is 5.21 Å². The van der Waals surface area contributed by atoms with E-state index in [1.807, 2.05) is 42.5 Å². The van der Waals surface area contributed by atoms with Gasteiger partial charge in [0.1, 0.15) is 5.71 Å². The number of fused-ring (bicyclic) bond motifs is 2. The van der Waals surface area contributed by atoms with Crippen molar-refractivity contribution in [3.05, 3.63) is 70.8 Å². The van der Waals surface area contributed by atoms with Gasteiger partial charge in [0.25, 0.3) is 0 Å². The third kappa shape index (κ3) is 3.27. The second-order valence-corrected chi connectivity index (χ2v) is 5.97. The smallest absolute Gasteiger partial charge is 0.210 e. The molecule has 1 N–H and O–H groups in total. The van der Waals surface area contributed by atoms with E-state index in [-0.39, 0.29) is 11.5 Å². The molecule has 0 aliphatic heterocycles. The number of Topliss-reactive ketones (excluding diaryl/α,β-unsaturated/α-hetero) is 2. The Labute approximate surface area is 140 Å². The Morgan fingerprint density at radius 1 is 0.750 bits per heavy atom. The first-order valence-electron chi connectivity index (χ1n) is 8.15. The molecule has 4 rings (SSSR count). The van der Waals surface area contributed by atoms with Crippen molar-refractivity contribution in [1.29, 1.82) is 0 Å². The number of hydrogen-bond donors (Lipinski definition) is 1. The zero-order valence-electron chi connectivity index (χ0n) is 13.4. The topological polar surface area (TPSA) is 66.7 Å². The van der Waals surface area contributed by atoms with E-state index in [2.05, 4.69) is 5.16 Å². The van der Waals surface area contributed by atoms with E-state index in [9.17, 15) is 9.59 Å². The summed E-state index contributed by atoms with van der Waals surface area (Å²) in [6.45, 7) is 0. The molecule has 2 aromatic rings. The molecule has 0 amide bonds. The van der Waals surface area contributed by atoms with Gasteiger partial charge in [0, 0.05) is 24.0 Å². The summed E-state index contributed by atoms with van der Waals surface area (Å²) in [4.78, 5) is 22.8. The van der Waals surface area contributed by atoms with E-state index in [4.69, 9.17) is 5.21 Å². The van der Waals surface area contributed by atoms with Crippen molar-refractivity contribution < 1.29 is 14.8 Å². The highest BCUT2D eigenvalue weighted by Crippen LogP contribution is 2.20. The van der Waals surface area contributed by atoms with Crippen molar-refractivity contribution in [3.63, 3.8) is 0 Å². The lowest BCUT2D eigenvalue weighted by molar-refractivity contribution is 0.0971. The molecule has 122 valence electrons. The highest BCUT2D eigenvalue weighted by molar-refractivity contribution is 6.46. The molecule has 4 heteroatoms. The molecule has 2 aliphatic carbocycles. The Bertz CT molecular complexity index is 808. The van der Waals surface area contributed by atoms with E-state index in [0.717, 1.165) is 36.8 Å². The molecule has 0 saturated carbocycles. The van der Waals surface area contributed by atoms with Crippen molar-refractivity contribution >= 4 is 17.3 Å². The second-order valence-electron chi connectivity index (χ2n) is 5.97. The molecule has 0 aromatic heterocycles. The largest absolute Gasteiger partial charge is 0.411 e. The summed E-state index contributed by atoms with van der Waals surface area (Å²) >= 11 is 0. The maximum atomic E-state index is 11.6. The SMILES string of the molecule is O=C1C(=NO)CCc2ccccc21.O=C1CCCc2ccccc21. The first-order valence-corrected chi connectivity index (χ1v) is 8.15. The summed E-state index contributed by atoms with van der Waals surface area (Å²) in [6.07, 6.45) is 4.14. The lowest BCUT2D eigenvalue weighted by atomic mass is 9.89. The molecule has 0 atom stereocenters. The Balaban J connectivity index is 0.000000143. The highest BCUT2D eigenvalue weighted by Gasteiger charge is 2.22. The van der Waals surface area contributed by atoms with Crippen LogP contribution in [0.1, 0.15) is 51.1 Å². The van der Waals surface area contributed by atoms with Crippen LogP contribution in [0.4, 0.5) is 0 Å². The molecule has 24 heavy (non-hydrogen) atoms. The van der Waals surface area contributed by atoms with Crippen molar-refractivity contribution in [2.24, 2.45) is 5.16 Å². The maximum Gasteiger partial charge on any atom is 0.210 e. The van der Waals surface area contributed by atoms with Crippen LogP contribution in [0.3, 0.4) is 0 Å². The third-order valence-electron chi connectivity index (χ3n) is 4.44.